The fourth-order valence-corrected chi connectivity index (χ4v) is 11.4. The highest BCUT2D eigenvalue weighted by atomic mass is 32.1. The van der Waals surface area contributed by atoms with Crippen LogP contribution in [0, 0.1) is 0 Å². The van der Waals surface area contributed by atoms with Crippen LogP contribution in [-0.4, -0.2) is 6.66 Å². The number of hydrogen-bond acceptors (Lipinski definition) is 4. The van der Waals surface area contributed by atoms with Crippen molar-refractivity contribution >= 4 is 31.4 Å². The Bertz CT molecular complexity index is 735. The molecular weight excluding hydrogens is 371 g/mol. The summed E-state index contributed by atoms with van der Waals surface area (Å²) in [6.07, 6.45) is 0. The predicted octanol–water partition coefficient (Wildman–Crippen LogP) is 7.71. The largest absolute Gasteiger partial charge is 0.437 e. The molecule has 11 heteroatoms. The monoisotopic (exact) mass is 389 g/mol. The van der Waals surface area contributed by atoms with Crippen molar-refractivity contribution in [2.75, 3.05) is 6.66 Å². The molecule has 0 fully saturated rings. The van der Waals surface area contributed by atoms with Crippen LogP contribution < -0.4 is 4.52 Å². The zero-order valence-corrected chi connectivity index (χ0v) is 16.5. The standard InChI is InChI=1S/C11H18F3N3OP4/c1-11(2,3)9-5-7-10(8-6-9)18-21(13)15-20(4,12)16-22(14,19)17-21/h5-8H,19H2,1-4H3. The van der Waals surface area contributed by atoms with Crippen LogP contribution in [0.15, 0.2) is 37.8 Å². The van der Waals surface area contributed by atoms with Crippen molar-refractivity contribution in [3.63, 3.8) is 0 Å². The van der Waals surface area contributed by atoms with Gasteiger partial charge in [0.2, 0.25) is 7.52 Å². The smallest absolute Gasteiger partial charge is 0.419 e. The third kappa shape index (κ3) is 4.71. The first-order valence-electron chi connectivity index (χ1n) is 6.37. The van der Waals surface area contributed by atoms with Crippen LogP contribution in [0.25, 0.3) is 0 Å². The van der Waals surface area contributed by atoms with Gasteiger partial charge in [-0.25, -0.2) is 0 Å². The van der Waals surface area contributed by atoms with Gasteiger partial charge in [0.15, 0.2) is 0 Å². The maximum absolute atomic E-state index is 14.6. The number of halogens is 3. The van der Waals surface area contributed by atoms with Crippen LogP contribution in [0.1, 0.15) is 26.3 Å². The maximum Gasteiger partial charge on any atom is 0.437 e. The molecule has 4 unspecified atom stereocenters. The molecule has 1 aliphatic heterocycles. The van der Waals surface area contributed by atoms with E-state index >= 15 is 0 Å². The lowest BCUT2D eigenvalue weighted by molar-refractivity contribution is 0.548. The number of nitrogens with zero attached hydrogens (tertiary/aromatic N) is 3. The van der Waals surface area contributed by atoms with Crippen molar-refractivity contribution < 1.29 is 17.1 Å². The molecule has 0 radical (unpaired) electrons. The third-order valence-electron chi connectivity index (χ3n) is 2.74. The van der Waals surface area contributed by atoms with Gasteiger partial charge in [-0.2, -0.15) is 12.9 Å². The second-order valence-corrected chi connectivity index (χ2v) is 14.0. The molecule has 0 bridgehead atoms. The summed E-state index contributed by atoms with van der Waals surface area (Å²) in [5.74, 6) is 0.142. The molecule has 1 aromatic carbocycles. The quantitative estimate of drug-likeness (QED) is 0.478. The Kier molecular flexibility index (Phi) is 4.80. The Labute approximate surface area is 131 Å². The number of benzene rings is 1. The van der Waals surface area contributed by atoms with E-state index in [1.54, 1.807) is 33.2 Å². The Balaban J connectivity index is 2.37. The molecule has 4 atom stereocenters. The summed E-state index contributed by atoms with van der Waals surface area (Å²) in [5.41, 5.74) is 0.960. The third-order valence-corrected chi connectivity index (χ3v) is 11.4. The molecule has 0 saturated heterocycles. The van der Waals surface area contributed by atoms with Crippen molar-refractivity contribution in [2.24, 2.45) is 13.5 Å². The first-order valence-corrected chi connectivity index (χ1v) is 13.1. The SMILES string of the molecule is CC(C)(C)c1ccc(OP2(F)=NP(C)(F)=NP(F)(P)=N2)cc1. The number of hydrogen-bond donors (Lipinski definition) is 0. The summed E-state index contributed by atoms with van der Waals surface area (Å²) in [4.78, 5) is 0. The van der Waals surface area contributed by atoms with Gasteiger partial charge in [0.25, 0.3) is 7.20 Å². The fraction of sp³-hybridized carbons (Fsp3) is 0.455. The Morgan fingerprint density at radius 3 is 2.00 bits per heavy atom. The van der Waals surface area contributed by atoms with Crippen molar-refractivity contribution in [1.82, 2.24) is 0 Å². The molecule has 1 aliphatic rings. The van der Waals surface area contributed by atoms with Gasteiger partial charge in [-0.3, -0.25) is 0 Å². The highest BCUT2D eigenvalue weighted by molar-refractivity contribution is 8.18. The molecule has 1 heterocycles. The van der Waals surface area contributed by atoms with Crippen molar-refractivity contribution in [3.05, 3.63) is 29.8 Å². The zero-order chi connectivity index (χ0) is 16.8. The summed E-state index contributed by atoms with van der Waals surface area (Å²) >= 11 is 0. The molecular formula is C11H18F3N3OP4. The molecule has 22 heavy (non-hydrogen) atoms. The Morgan fingerprint density at radius 2 is 1.55 bits per heavy atom. The first-order chi connectivity index (χ1) is 9.80. The molecule has 0 amide bonds. The molecule has 0 saturated carbocycles. The molecule has 1 aromatic rings. The van der Waals surface area contributed by atoms with Crippen LogP contribution in [-0.2, 0) is 5.41 Å². The van der Waals surface area contributed by atoms with E-state index in [2.05, 4.69) is 13.5 Å². The lowest BCUT2D eigenvalue weighted by atomic mass is 9.87. The van der Waals surface area contributed by atoms with Gasteiger partial charge in [0.05, 0.1) is 0 Å². The molecule has 0 aromatic heterocycles. The maximum atomic E-state index is 14.6. The van der Waals surface area contributed by atoms with Crippen LogP contribution in [0.5, 0.6) is 5.75 Å². The minimum absolute atomic E-state index is 0.0672. The van der Waals surface area contributed by atoms with Gasteiger partial charge in [-0.15, -0.1) is 13.2 Å². The molecule has 4 nitrogen and oxygen atoms in total. The molecule has 0 N–H and O–H groups in total. The summed E-state index contributed by atoms with van der Waals surface area (Å²) in [7, 11) is -10.6. The lowest BCUT2D eigenvalue weighted by Crippen LogP contribution is -2.10. The summed E-state index contributed by atoms with van der Waals surface area (Å²) in [5, 5.41) is 0. The van der Waals surface area contributed by atoms with Gasteiger partial charge in [0.1, 0.15) is 5.75 Å². The molecule has 2 rings (SSSR count). The van der Waals surface area contributed by atoms with E-state index in [0.29, 0.717) is 0 Å². The van der Waals surface area contributed by atoms with E-state index in [1.807, 2.05) is 20.8 Å². The first kappa shape index (κ1) is 18.3. The number of rotatable bonds is 2. The van der Waals surface area contributed by atoms with E-state index in [4.69, 9.17) is 4.52 Å². The van der Waals surface area contributed by atoms with Gasteiger partial charge in [0, 0.05) is 6.66 Å². The predicted molar refractivity (Wildman–Crippen MR) is 92.8 cm³/mol. The highest BCUT2D eigenvalue weighted by Gasteiger charge is 2.35. The zero-order valence-electron chi connectivity index (χ0n) is 12.6. The minimum Gasteiger partial charge on any atom is -0.419 e. The van der Waals surface area contributed by atoms with E-state index in [0.717, 1.165) is 12.2 Å². The topological polar surface area (TPSA) is 46.3 Å². The fourth-order valence-electron chi connectivity index (χ4n) is 1.83. The van der Waals surface area contributed by atoms with Gasteiger partial charge in [-0.05, 0) is 32.0 Å². The molecule has 0 spiro atoms. The van der Waals surface area contributed by atoms with Crippen LogP contribution in [0.4, 0.5) is 12.6 Å². The molecule has 124 valence electrons. The summed E-state index contributed by atoms with van der Waals surface area (Å²) in [6, 6.07) is 6.65. The average molecular weight is 389 g/mol. The van der Waals surface area contributed by atoms with E-state index in [9.17, 15) is 12.6 Å². The second-order valence-electron chi connectivity index (χ2n) is 5.99. The van der Waals surface area contributed by atoms with E-state index in [-0.39, 0.29) is 11.2 Å². The van der Waals surface area contributed by atoms with E-state index in [1.165, 1.54) is 0 Å². The highest BCUT2D eigenvalue weighted by Crippen LogP contribution is 2.82. The van der Waals surface area contributed by atoms with Crippen LogP contribution >= 0.6 is 31.4 Å². The Hall–Kier alpha value is -0.0700. The van der Waals surface area contributed by atoms with Gasteiger partial charge < -0.3 is 4.52 Å². The molecule has 0 aliphatic carbocycles. The van der Waals surface area contributed by atoms with Crippen LogP contribution in [0.3, 0.4) is 0 Å². The van der Waals surface area contributed by atoms with Gasteiger partial charge in [-0.1, -0.05) is 32.9 Å². The van der Waals surface area contributed by atoms with Crippen molar-refractivity contribution in [2.45, 2.75) is 26.2 Å². The summed E-state index contributed by atoms with van der Waals surface area (Å²) < 4.78 is 57.5. The minimum atomic E-state index is -4.40. The van der Waals surface area contributed by atoms with Gasteiger partial charge >= 0.3 is 7.74 Å². The Morgan fingerprint density at radius 1 is 1.00 bits per heavy atom. The average Bonchev–Trinajstić information content (AvgIpc) is 2.22. The lowest BCUT2D eigenvalue weighted by Gasteiger charge is -2.22. The normalized spacial score (nSPS) is 35.1. The second kappa shape index (κ2) is 5.78. The van der Waals surface area contributed by atoms with Crippen molar-refractivity contribution in [3.8, 4) is 5.75 Å². The van der Waals surface area contributed by atoms with Crippen LogP contribution in [0.2, 0.25) is 0 Å². The van der Waals surface area contributed by atoms with Crippen molar-refractivity contribution in [1.29, 1.82) is 0 Å². The van der Waals surface area contributed by atoms with E-state index < -0.39 is 22.5 Å². The summed E-state index contributed by atoms with van der Waals surface area (Å²) in [6.45, 7) is 7.10.